The molecule has 0 atom stereocenters. The fraction of sp³-hybridized carbons (Fsp3) is 0.462. The van der Waals surface area contributed by atoms with Gasteiger partial charge in [0.1, 0.15) is 15.7 Å². The van der Waals surface area contributed by atoms with Crippen LogP contribution >= 0.6 is 0 Å². The molecule has 6 nitrogen and oxygen atoms in total. The zero-order valence-electron chi connectivity index (χ0n) is 12.2. The average Bonchev–Trinajstić information content (AvgIpc) is 2.35. The van der Waals surface area contributed by atoms with Gasteiger partial charge in [-0.1, -0.05) is 0 Å². The molecule has 1 aromatic carbocycles. The van der Waals surface area contributed by atoms with E-state index in [2.05, 4.69) is 0 Å². The molecule has 2 N–H and O–H groups in total. The SMILES string of the molecule is CCOC(=O)c1cc(N(C)CCS(C)(=O)=O)c(F)cc1N. The molecule has 0 unspecified atom stereocenters. The number of esters is 1. The van der Waals surface area contributed by atoms with Crippen LogP contribution in [0.3, 0.4) is 0 Å². The van der Waals surface area contributed by atoms with Crippen molar-refractivity contribution in [3.8, 4) is 0 Å². The van der Waals surface area contributed by atoms with Gasteiger partial charge in [0.15, 0.2) is 0 Å². The van der Waals surface area contributed by atoms with Crippen LogP contribution in [0.5, 0.6) is 0 Å². The summed E-state index contributed by atoms with van der Waals surface area (Å²) < 4.78 is 41.1. The number of halogens is 1. The monoisotopic (exact) mass is 318 g/mol. The summed E-state index contributed by atoms with van der Waals surface area (Å²) in [5, 5.41) is 0. The van der Waals surface area contributed by atoms with E-state index in [1.807, 2.05) is 0 Å². The van der Waals surface area contributed by atoms with Gasteiger partial charge in [-0.15, -0.1) is 0 Å². The number of carbonyl (C=O) groups is 1. The highest BCUT2D eigenvalue weighted by atomic mass is 32.2. The van der Waals surface area contributed by atoms with E-state index in [1.54, 1.807) is 6.92 Å². The molecule has 0 aliphatic heterocycles. The molecule has 0 aliphatic carbocycles. The standard InChI is InChI=1S/C13H19FN2O4S/c1-4-20-13(17)9-7-12(10(14)8-11(9)15)16(2)5-6-21(3,18)19/h7-8H,4-6,15H2,1-3H3. The molecule has 0 saturated heterocycles. The number of hydrogen-bond donors (Lipinski definition) is 1. The smallest absolute Gasteiger partial charge is 0.340 e. The molecule has 21 heavy (non-hydrogen) atoms. The van der Waals surface area contributed by atoms with Crippen molar-refractivity contribution in [2.45, 2.75) is 6.92 Å². The minimum atomic E-state index is -3.16. The largest absolute Gasteiger partial charge is 0.462 e. The molecule has 0 amide bonds. The second-order valence-corrected chi connectivity index (χ2v) is 6.92. The van der Waals surface area contributed by atoms with E-state index in [-0.39, 0.29) is 35.8 Å². The van der Waals surface area contributed by atoms with Crippen LogP contribution in [-0.2, 0) is 14.6 Å². The first-order valence-electron chi connectivity index (χ1n) is 6.30. The summed E-state index contributed by atoms with van der Waals surface area (Å²) in [4.78, 5) is 13.1. The Morgan fingerprint density at radius 3 is 2.57 bits per heavy atom. The Hall–Kier alpha value is -1.83. The van der Waals surface area contributed by atoms with Gasteiger partial charge in [0.25, 0.3) is 0 Å². The Kier molecular flexibility index (Phi) is 5.54. The zero-order valence-corrected chi connectivity index (χ0v) is 13.0. The van der Waals surface area contributed by atoms with Gasteiger partial charge < -0.3 is 15.4 Å². The van der Waals surface area contributed by atoms with Gasteiger partial charge in [0.2, 0.25) is 0 Å². The lowest BCUT2D eigenvalue weighted by molar-refractivity contribution is 0.0527. The number of nitrogen functional groups attached to an aromatic ring is 1. The number of carbonyl (C=O) groups excluding carboxylic acids is 1. The number of benzene rings is 1. The van der Waals surface area contributed by atoms with Gasteiger partial charge in [-0.3, -0.25) is 0 Å². The number of sulfone groups is 1. The lowest BCUT2D eigenvalue weighted by Gasteiger charge is -2.20. The molecule has 0 aromatic heterocycles. The molecular weight excluding hydrogens is 299 g/mol. The fourth-order valence-corrected chi connectivity index (χ4v) is 2.28. The highest BCUT2D eigenvalue weighted by molar-refractivity contribution is 7.90. The molecule has 1 aromatic rings. The summed E-state index contributed by atoms with van der Waals surface area (Å²) in [5.74, 6) is -1.40. The van der Waals surface area contributed by atoms with Gasteiger partial charge in [-0.05, 0) is 19.1 Å². The van der Waals surface area contributed by atoms with Crippen LogP contribution < -0.4 is 10.6 Å². The number of ether oxygens (including phenoxy) is 1. The summed E-state index contributed by atoms with van der Waals surface area (Å²) in [5.41, 5.74) is 5.74. The first-order valence-corrected chi connectivity index (χ1v) is 8.36. The Balaban J connectivity index is 3.06. The maximum absolute atomic E-state index is 13.9. The third kappa shape index (κ3) is 4.89. The Morgan fingerprint density at radius 2 is 2.05 bits per heavy atom. The third-order valence-electron chi connectivity index (χ3n) is 2.82. The van der Waals surface area contributed by atoms with Crippen molar-refractivity contribution >= 4 is 27.2 Å². The molecule has 0 radical (unpaired) electrons. The third-order valence-corrected chi connectivity index (χ3v) is 3.75. The van der Waals surface area contributed by atoms with Crippen molar-refractivity contribution in [1.82, 2.24) is 0 Å². The van der Waals surface area contributed by atoms with Crippen LogP contribution in [0.4, 0.5) is 15.8 Å². The number of nitrogens with two attached hydrogens (primary N) is 1. The molecule has 0 aliphatic rings. The average molecular weight is 318 g/mol. The molecule has 1 rings (SSSR count). The van der Waals surface area contributed by atoms with Crippen molar-refractivity contribution in [3.63, 3.8) is 0 Å². The predicted molar refractivity (Wildman–Crippen MR) is 79.7 cm³/mol. The lowest BCUT2D eigenvalue weighted by atomic mass is 10.1. The second kappa shape index (κ2) is 6.75. The Bertz CT molecular complexity index is 631. The maximum atomic E-state index is 13.9. The molecule has 0 heterocycles. The summed E-state index contributed by atoms with van der Waals surface area (Å²) in [6.45, 7) is 1.92. The van der Waals surface area contributed by atoms with Gasteiger partial charge in [0, 0.05) is 25.5 Å². The van der Waals surface area contributed by atoms with Crippen molar-refractivity contribution in [1.29, 1.82) is 0 Å². The van der Waals surface area contributed by atoms with E-state index in [0.717, 1.165) is 12.3 Å². The summed E-state index contributed by atoms with van der Waals surface area (Å²) in [6.07, 6.45) is 1.10. The van der Waals surface area contributed by atoms with E-state index in [1.165, 1.54) is 18.0 Å². The van der Waals surface area contributed by atoms with E-state index in [9.17, 15) is 17.6 Å². The Morgan fingerprint density at radius 1 is 1.43 bits per heavy atom. The predicted octanol–water partition coefficient (Wildman–Crippen LogP) is 1.07. The van der Waals surface area contributed by atoms with Gasteiger partial charge in [0.05, 0.1) is 23.6 Å². The van der Waals surface area contributed by atoms with Crippen LogP contribution in [0.15, 0.2) is 12.1 Å². The molecule has 0 saturated carbocycles. The highest BCUT2D eigenvalue weighted by Gasteiger charge is 2.18. The summed E-state index contributed by atoms with van der Waals surface area (Å²) >= 11 is 0. The summed E-state index contributed by atoms with van der Waals surface area (Å²) in [6, 6.07) is 2.30. The van der Waals surface area contributed by atoms with Crippen LogP contribution in [0.2, 0.25) is 0 Å². The highest BCUT2D eigenvalue weighted by Crippen LogP contribution is 2.25. The van der Waals surface area contributed by atoms with Crippen LogP contribution in [0.1, 0.15) is 17.3 Å². The van der Waals surface area contributed by atoms with E-state index in [0.29, 0.717) is 0 Å². The van der Waals surface area contributed by atoms with Crippen molar-refractivity contribution in [3.05, 3.63) is 23.5 Å². The number of hydrogen-bond acceptors (Lipinski definition) is 6. The van der Waals surface area contributed by atoms with Crippen molar-refractivity contribution in [2.75, 3.05) is 42.8 Å². The van der Waals surface area contributed by atoms with Crippen molar-refractivity contribution < 1.29 is 22.3 Å². The molecule has 8 heteroatoms. The topological polar surface area (TPSA) is 89.7 Å². The number of anilines is 2. The van der Waals surface area contributed by atoms with Crippen LogP contribution in [0.25, 0.3) is 0 Å². The quantitative estimate of drug-likeness (QED) is 0.623. The van der Waals surface area contributed by atoms with Crippen molar-refractivity contribution in [2.24, 2.45) is 0 Å². The zero-order chi connectivity index (χ0) is 16.2. The number of rotatable bonds is 6. The molecule has 0 bridgehead atoms. The first kappa shape index (κ1) is 17.2. The first-order chi connectivity index (χ1) is 9.65. The van der Waals surface area contributed by atoms with Crippen LogP contribution in [0, 0.1) is 5.82 Å². The minimum absolute atomic E-state index is 0.0220. The van der Waals surface area contributed by atoms with E-state index >= 15 is 0 Å². The maximum Gasteiger partial charge on any atom is 0.340 e. The molecule has 0 spiro atoms. The van der Waals surface area contributed by atoms with E-state index in [4.69, 9.17) is 10.5 Å². The van der Waals surface area contributed by atoms with Gasteiger partial charge in [-0.2, -0.15) is 0 Å². The lowest BCUT2D eigenvalue weighted by Crippen LogP contribution is -2.26. The van der Waals surface area contributed by atoms with Crippen LogP contribution in [-0.4, -0.2) is 46.6 Å². The number of nitrogens with zero attached hydrogens (tertiary/aromatic N) is 1. The minimum Gasteiger partial charge on any atom is -0.462 e. The molecule has 0 fully saturated rings. The summed E-state index contributed by atoms with van der Waals surface area (Å²) in [7, 11) is -1.63. The fourth-order valence-electron chi connectivity index (χ4n) is 1.68. The van der Waals surface area contributed by atoms with Gasteiger partial charge >= 0.3 is 5.97 Å². The normalized spacial score (nSPS) is 11.2. The van der Waals surface area contributed by atoms with Gasteiger partial charge in [-0.25, -0.2) is 17.6 Å². The second-order valence-electron chi connectivity index (χ2n) is 4.66. The molecule has 118 valence electrons. The van der Waals surface area contributed by atoms with E-state index < -0.39 is 21.6 Å². The Labute approximate surface area is 123 Å². The molecular formula is C13H19FN2O4S.